The lowest BCUT2D eigenvalue weighted by atomic mass is 10.0. The van der Waals surface area contributed by atoms with Crippen molar-refractivity contribution in [2.45, 2.75) is 31.0 Å². The van der Waals surface area contributed by atoms with Crippen molar-refractivity contribution >= 4 is 27.9 Å². The van der Waals surface area contributed by atoms with Crippen molar-refractivity contribution in [3.05, 3.63) is 29.3 Å². The van der Waals surface area contributed by atoms with Crippen LogP contribution in [0, 0.1) is 0 Å². The van der Waals surface area contributed by atoms with E-state index in [0.29, 0.717) is 6.04 Å². The molecule has 2 N–H and O–H groups in total. The second-order valence-corrected chi connectivity index (χ2v) is 6.20. The Balaban J connectivity index is 1.74. The van der Waals surface area contributed by atoms with E-state index in [1.165, 1.54) is 22.5 Å². The number of hydrogen-bond acceptors (Lipinski definition) is 5. The molecular weight excluding hydrogens is 256 g/mol. The van der Waals surface area contributed by atoms with E-state index >= 15 is 0 Å². The molecule has 0 aliphatic carbocycles. The van der Waals surface area contributed by atoms with E-state index in [4.69, 9.17) is 4.98 Å². The summed E-state index contributed by atoms with van der Waals surface area (Å²) >= 11 is 1.79. The number of para-hydroxylation sites is 1. The van der Waals surface area contributed by atoms with Crippen LogP contribution in [0.2, 0.25) is 0 Å². The van der Waals surface area contributed by atoms with Gasteiger partial charge in [0.15, 0.2) is 0 Å². The van der Waals surface area contributed by atoms with Crippen LogP contribution in [-0.4, -0.2) is 30.0 Å². The zero-order valence-electron chi connectivity index (χ0n) is 10.5. The van der Waals surface area contributed by atoms with Crippen LogP contribution in [0.15, 0.2) is 29.3 Å². The van der Waals surface area contributed by atoms with E-state index < -0.39 is 0 Å². The van der Waals surface area contributed by atoms with Gasteiger partial charge in [0, 0.05) is 0 Å². The highest BCUT2D eigenvalue weighted by molar-refractivity contribution is 7.18. The van der Waals surface area contributed by atoms with Crippen molar-refractivity contribution in [2.75, 3.05) is 6.54 Å². The fourth-order valence-electron chi connectivity index (χ4n) is 2.96. The largest absolute Gasteiger partial charge is 0.371 e. The number of benzene rings is 1. The third-order valence-corrected chi connectivity index (χ3v) is 5.04. The predicted octanol–water partition coefficient (Wildman–Crippen LogP) is 2.09. The van der Waals surface area contributed by atoms with Gasteiger partial charge in [0.05, 0.1) is 34.7 Å². The van der Waals surface area contributed by atoms with Crippen molar-refractivity contribution in [1.82, 2.24) is 15.6 Å². The summed E-state index contributed by atoms with van der Waals surface area (Å²) < 4.78 is 1.26. The van der Waals surface area contributed by atoms with Crippen LogP contribution < -0.4 is 10.6 Å². The van der Waals surface area contributed by atoms with Crippen molar-refractivity contribution in [3.63, 3.8) is 0 Å². The van der Waals surface area contributed by atoms with Crippen LogP contribution in [0.25, 0.3) is 10.2 Å². The molecule has 98 valence electrons. The molecule has 1 fully saturated rings. The Hall–Kier alpha value is -1.46. The lowest BCUT2D eigenvalue weighted by molar-refractivity contribution is 0.428. The Bertz CT molecular complexity index is 588. The summed E-state index contributed by atoms with van der Waals surface area (Å²) in [6.07, 6.45) is 4.24. The maximum Gasteiger partial charge on any atom is 0.113 e. The van der Waals surface area contributed by atoms with Gasteiger partial charge in [-0.3, -0.25) is 4.99 Å². The Kier molecular flexibility index (Phi) is 2.74. The molecule has 0 bridgehead atoms. The number of thiazole rings is 1. The first-order valence-corrected chi connectivity index (χ1v) is 7.60. The zero-order valence-corrected chi connectivity index (χ0v) is 11.4. The lowest BCUT2D eigenvalue weighted by Crippen LogP contribution is -2.38. The van der Waals surface area contributed by atoms with Crippen molar-refractivity contribution in [1.29, 1.82) is 0 Å². The molecule has 2 unspecified atom stereocenters. The van der Waals surface area contributed by atoms with Crippen molar-refractivity contribution in [3.8, 4) is 0 Å². The Labute approximate surface area is 116 Å². The summed E-state index contributed by atoms with van der Waals surface area (Å²) in [6, 6.07) is 9.33. The molecule has 4 rings (SSSR count). The molecule has 19 heavy (non-hydrogen) atoms. The molecule has 1 saturated heterocycles. The maximum atomic E-state index is 4.79. The SMILES string of the molecule is C1=NC2C(CCCN[C@H]2c2nc3ccccc3s2)N1. The van der Waals surface area contributed by atoms with Gasteiger partial charge in [0.1, 0.15) is 5.01 Å². The van der Waals surface area contributed by atoms with Gasteiger partial charge in [-0.25, -0.2) is 4.98 Å². The van der Waals surface area contributed by atoms with E-state index in [9.17, 15) is 0 Å². The van der Waals surface area contributed by atoms with Gasteiger partial charge in [-0.15, -0.1) is 11.3 Å². The van der Waals surface area contributed by atoms with Gasteiger partial charge in [-0.1, -0.05) is 12.1 Å². The molecule has 3 atom stereocenters. The average molecular weight is 272 g/mol. The smallest absolute Gasteiger partial charge is 0.113 e. The fraction of sp³-hybridized carbons (Fsp3) is 0.429. The van der Waals surface area contributed by atoms with Crippen molar-refractivity contribution in [2.24, 2.45) is 4.99 Å². The van der Waals surface area contributed by atoms with Crippen molar-refractivity contribution < 1.29 is 0 Å². The summed E-state index contributed by atoms with van der Waals surface area (Å²) in [4.78, 5) is 9.41. The second kappa shape index (κ2) is 4.58. The van der Waals surface area contributed by atoms with E-state index in [2.05, 4.69) is 33.8 Å². The van der Waals surface area contributed by atoms with Gasteiger partial charge in [-0.2, -0.15) is 0 Å². The van der Waals surface area contributed by atoms with Crippen LogP contribution in [0.3, 0.4) is 0 Å². The van der Waals surface area contributed by atoms with E-state index in [0.717, 1.165) is 12.1 Å². The van der Waals surface area contributed by atoms with Gasteiger partial charge in [0.2, 0.25) is 0 Å². The molecule has 0 spiro atoms. The van der Waals surface area contributed by atoms with E-state index in [-0.39, 0.29) is 12.1 Å². The molecule has 0 radical (unpaired) electrons. The molecule has 4 nitrogen and oxygen atoms in total. The number of aromatic nitrogens is 1. The van der Waals surface area contributed by atoms with E-state index in [1.807, 2.05) is 12.4 Å². The monoisotopic (exact) mass is 272 g/mol. The molecule has 1 aromatic heterocycles. The highest BCUT2D eigenvalue weighted by Gasteiger charge is 2.35. The van der Waals surface area contributed by atoms with Crippen LogP contribution >= 0.6 is 11.3 Å². The minimum absolute atomic E-state index is 0.246. The Morgan fingerprint density at radius 2 is 2.21 bits per heavy atom. The van der Waals surface area contributed by atoms with Gasteiger partial charge in [-0.05, 0) is 31.5 Å². The molecule has 0 saturated carbocycles. The summed E-state index contributed by atoms with van der Waals surface area (Å²) in [5.41, 5.74) is 1.10. The van der Waals surface area contributed by atoms with Crippen LogP contribution in [-0.2, 0) is 0 Å². The number of aliphatic imine (C=N–C) groups is 1. The number of hydrogen-bond donors (Lipinski definition) is 2. The second-order valence-electron chi connectivity index (χ2n) is 5.14. The number of fused-ring (bicyclic) bond motifs is 2. The van der Waals surface area contributed by atoms with Crippen LogP contribution in [0.5, 0.6) is 0 Å². The number of nitrogens with zero attached hydrogens (tertiary/aromatic N) is 2. The molecule has 3 heterocycles. The first-order valence-electron chi connectivity index (χ1n) is 6.78. The Morgan fingerprint density at radius 3 is 3.16 bits per heavy atom. The normalized spacial score (nSPS) is 30.0. The zero-order chi connectivity index (χ0) is 12.7. The topological polar surface area (TPSA) is 49.3 Å². The minimum Gasteiger partial charge on any atom is -0.371 e. The summed E-state index contributed by atoms with van der Waals surface area (Å²) in [5.74, 6) is 0. The van der Waals surface area contributed by atoms with Gasteiger partial charge >= 0.3 is 0 Å². The number of rotatable bonds is 1. The molecule has 0 amide bonds. The first-order chi connectivity index (χ1) is 9.42. The molecule has 2 aromatic rings. The van der Waals surface area contributed by atoms with Crippen LogP contribution in [0.1, 0.15) is 23.9 Å². The summed E-state index contributed by atoms with van der Waals surface area (Å²) in [5, 5.41) is 8.17. The molecule has 2 aliphatic rings. The highest BCUT2D eigenvalue weighted by Crippen LogP contribution is 2.32. The molecule has 5 heteroatoms. The maximum absolute atomic E-state index is 4.79. The fourth-order valence-corrected chi connectivity index (χ4v) is 4.04. The lowest BCUT2D eigenvalue weighted by Gasteiger charge is -2.22. The molecule has 1 aromatic carbocycles. The van der Waals surface area contributed by atoms with E-state index in [1.54, 1.807) is 11.3 Å². The molecule has 2 aliphatic heterocycles. The third-order valence-electron chi connectivity index (χ3n) is 3.92. The predicted molar refractivity (Wildman–Crippen MR) is 78.8 cm³/mol. The minimum atomic E-state index is 0.246. The molecular formula is C14H16N4S. The average Bonchev–Trinajstić information content (AvgIpc) is 3.01. The van der Waals surface area contributed by atoms with Gasteiger partial charge < -0.3 is 10.6 Å². The van der Waals surface area contributed by atoms with Gasteiger partial charge in [0.25, 0.3) is 0 Å². The highest BCUT2D eigenvalue weighted by atomic mass is 32.1. The summed E-state index contributed by atoms with van der Waals surface area (Å²) in [6.45, 7) is 1.05. The quantitative estimate of drug-likeness (QED) is 0.835. The standard InChI is InChI=1S/C14H16N4S/c1-2-6-11-9(4-1)18-14(19-11)13-12-10(16-8-17-12)5-3-7-15-13/h1-2,4,6,8,10,12-13,15H,3,5,7H2,(H,16,17)/t10?,12?,13-/m1/s1. The Morgan fingerprint density at radius 1 is 1.26 bits per heavy atom. The third kappa shape index (κ3) is 1.93. The van der Waals surface area contributed by atoms with Crippen LogP contribution in [0.4, 0.5) is 0 Å². The summed E-state index contributed by atoms with van der Waals surface area (Å²) in [7, 11) is 0. The number of nitrogens with one attached hydrogen (secondary N) is 2. The first kappa shape index (κ1) is 11.4.